The van der Waals surface area contributed by atoms with Crippen LogP contribution in [-0.4, -0.2) is 58.4 Å². The van der Waals surface area contributed by atoms with Gasteiger partial charge in [0.15, 0.2) is 0 Å². The molecule has 1 aliphatic heterocycles. The average molecular weight is 315 g/mol. The van der Waals surface area contributed by atoms with Gasteiger partial charge in [0, 0.05) is 5.75 Å². The number of carboxylic acids is 1. The minimum absolute atomic E-state index is 0.244. The number of thioether (sulfide) groups is 1. The Morgan fingerprint density at radius 3 is 2.60 bits per heavy atom. The molecule has 0 aliphatic carbocycles. The molecule has 1 aliphatic rings. The van der Waals surface area contributed by atoms with E-state index in [0.717, 1.165) is 0 Å². The lowest BCUT2D eigenvalue weighted by molar-refractivity contribution is -0.175. The molecule has 20 heavy (non-hydrogen) atoms. The Balaban J connectivity index is 2.49. The molecule has 1 saturated heterocycles. The van der Waals surface area contributed by atoms with Gasteiger partial charge < -0.3 is 14.7 Å². The highest BCUT2D eigenvalue weighted by atomic mass is 32.2. The molecule has 116 valence electrons. The Bertz CT molecular complexity index is 364. The molecule has 0 aromatic rings. The van der Waals surface area contributed by atoms with Gasteiger partial charge in [-0.05, 0) is 6.42 Å². The summed E-state index contributed by atoms with van der Waals surface area (Å²) in [7, 11) is 0. The number of amides is 1. The lowest BCUT2D eigenvalue weighted by Gasteiger charge is -2.26. The van der Waals surface area contributed by atoms with Crippen molar-refractivity contribution < 1.29 is 32.6 Å². The summed E-state index contributed by atoms with van der Waals surface area (Å²) in [6, 6.07) is -0.917. The second-order valence-electron chi connectivity index (χ2n) is 4.27. The van der Waals surface area contributed by atoms with Crippen LogP contribution in [0.5, 0.6) is 0 Å². The first-order valence-electron chi connectivity index (χ1n) is 6.06. The fourth-order valence-corrected chi connectivity index (χ4v) is 3.25. The predicted molar refractivity (Wildman–Crippen MR) is 66.3 cm³/mol. The topological polar surface area (TPSA) is 66.8 Å². The number of halogens is 3. The summed E-state index contributed by atoms with van der Waals surface area (Å²) in [6.45, 7) is 0.0409. The zero-order chi connectivity index (χ0) is 15.3. The fraction of sp³-hybridized carbons (Fsp3) is 0.818. The van der Waals surface area contributed by atoms with Crippen molar-refractivity contribution in [1.82, 2.24) is 4.90 Å². The molecule has 1 rings (SSSR count). The number of carbonyl (C=O) groups excluding carboxylic acids is 1. The van der Waals surface area contributed by atoms with E-state index in [2.05, 4.69) is 4.74 Å². The van der Waals surface area contributed by atoms with E-state index >= 15 is 0 Å². The summed E-state index contributed by atoms with van der Waals surface area (Å²) in [5.41, 5.74) is 0. The number of carboxylic acid groups (broad SMARTS) is 1. The Morgan fingerprint density at radius 1 is 1.45 bits per heavy atom. The Kier molecular flexibility index (Phi) is 6.12. The first kappa shape index (κ1) is 17.1. The summed E-state index contributed by atoms with van der Waals surface area (Å²) in [4.78, 5) is 24.2. The summed E-state index contributed by atoms with van der Waals surface area (Å²) in [5, 5.41) is 8.79. The van der Waals surface area contributed by atoms with Crippen molar-refractivity contribution in [3.63, 3.8) is 0 Å². The highest BCUT2D eigenvalue weighted by molar-refractivity contribution is 8.00. The zero-order valence-electron chi connectivity index (χ0n) is 10.9. The van der Waals surface area contributed by atoms with E-state index in [4.69, 9.17) is 5.11 Å². The van der Waals surface area contributed by atoms with Gasteiger partial charge in [-0.1, -0.05) is 6.92 Å². The van der Waals surface area contributed by atoms with Crippen LogP contribution in [0.4, 0.5) is 13.2 Å². The summed E-state index contributed by atoms with van der Waals surface area (Å²) >= 11 is 1.36. The van der Waals surface area contributed by atoms with Crippen LogP contribution < -0.4 is 0 Å². The van der Waals surface area contributed by atoms with Crippen molar-refractivity contribution in [3.05, 3.63) is 0 Å². The van der Waals surface area contributed by atoms with Crippen molar-refractivity contribution in [2.75, 3.05) is 19.0 Å². The third kappa shape index (κ3) is 4.86. The molecular weight excluding hydrogens is 299 g/mol. The highest BCUT2D eigenvalue weighted by Gasteiger charge is 2.40. The van der Waals surface area contributed by atoms with Gasteiger partial charge in [0.2, 0.25) is 5.91 Å². The average Bonchev–Trinajstić information content (AvgIpc) is 2.77. The molecule has 1 fully saturated rings. The van der Waals surface area contributed by atoms with Gasteiger partial charge >= 0.3 is 12.1 Å². The molecule has 1 heterocycles. The van der Waals surface area contributed by atoms with E-state index < -0.39 is 30.7 Å². The monoisotopic (exact) mass is 315 g/mol. The van der Waals surface area contributed by atoms with Gasteiger partial charge in [0.25, 0.3) is 0 Å². The Labute approximate surface area is 118 Å². The molecule has 1 amide bonds. The first-order chi connectivity index (χ1) is 9.26. The maximum absolute atomic E-state index is 11.9. The van der Waals surface area contributed by atoms with Crippen LogP contribution >= 0.6 is 11.8 Å². The fourth-order valence-electron chi connectivity index (χ4n) is 1.88. The van der Waals surface area contributed by atoms with Crippen LogP contribution in [0.25, 0.3) is 0 Å². The number of nitrogens with zero attached hydrogens (tertiary/aromatic N) is 1. The van der Waals surface area contributed by atoms with Gasteiger partial charge in [-0.15, -0.1) is 11.8 Å². The second kappa shape index (κ2) is 7.16. The molecule has 0 aromatic carbocycles. The number of rotatable bonds is 6. The van der Waals surface area contributed by atoms with Gasteiger partial charge in [-0.25, -0.2) is 4.79 Å². The van der Waals surface area contributed by atoms with E-state index in [1.165, 1.54) is 16.7 Å². The molecule has 9 heteroatoms. The molecule has 1 N–H and O–H groups in total. The molecule has 0 saturated carbocycles. The van der Waals surface area contributed by atoms with Gasteiger partial charge in [0.05, 0.1) is 18.4 Å². The van der Waals surface area contributed by atoms with Gasteiger partial charge in [0.1, 0.15) is 12.6 Å². The van der Waals surface area contributed by atoms with Crippen molar-refractivity contribution in [2.24, 2.45) is 0 Å². The second-order valence-corrected chi connectivity index (χ2v) is 5.48. The number of aliphatic carboxylic acids is 1. The van der Waals surface area contributed by atoms with E-state index in [9.17, 15) is 22.8 Å². The van der Waals surface area contributed by atoms with Crippen molar-refractivity contribution in [1.29, 1.82) is 0 Å². The number of alkyl halides is 3. The molecule has 0 bridgehead atoms. The predicted octanol–water partition coefficient (Wildman–Crippen LogP) is 1.72. The molecule has 0 radical (unpaired) electrons. The normalized spacial score (nSPS) is 23.1. The van der Waals surface area contributed by atoms with Crippen LogP contribution in [0.15, 0.2) is 0 Å². The smallest absolute Gasteiger partial charge is 0.411 e. The van der Waals surface area contributed by atoms with E-state index in [1.54, 1.807) is 0 Å². The standard InChI is InChI=1S/C11H16F3NO4S/c1-2-9-15(7(5-20-9)10(17)18)8(16)3-4-19-6-11(12,13)14/h7,9H,2-6H2,1H3,(H,17,18). The van der Waals surface area contributed by atoms with Crippen LogP contribution in [0.2, 0.25) is 0 Å². The zero-order valence-corrected chi connectivity index (χ0v) is 11.7. The van der Waals surface area contributed by atoms with Crippen LogP contribution in [-0.2, 0) is 14.3 Å². The van der Waals surface area contributed by atoms with Crippen molar-refractivity contribution in [3.8, 4) is 0 Å². The SMILES string of the molecule is CCC1SCC(C(=O)O)N1C(=O)CCOCC(F)(F)F. The lowest BCUT2D eigenvalue weighted by Crippen LogP contribution is -2.45. The molecule has 0 aromatic heterocycles. The molecule has 0 spiro atoms. The summed E-state index contributed by atoms with van der Waals surface area (Å²) in [5.74, 6) is -1.29. The first-order valence-corrected chi connectivity index (χ1v) is 7.11. The summed E-state index contributed by atoms with van der Waals surface area (Å²) < 4.78 is 40.0. The maximum atomic E-state index is 11.9. The lowest BCUT2D eigenvalue weighted by atomic mass is 10.2. The number of hydrogen-bond donors (Lipinski definition) is 1. The van der Waals surface area contributed by atoms with E-state index in [1.807, 2.05) is 6.92 Å². The van der Waals surface area contributed by atoms with Gasteiger partial charge in [-0.2, -0.15) is 13.2 Å². The van der Waals surface area contributed by atoms with Gasteiger partial charge in [-0.3, -0.25) is 4.79 Å². The minimum atomic E-state index is -4.43. The minimum Gasteiger partial charge on any atom is -0.480 e. The maximum Gasteiger partial charge on any atom is 0.411 e. The molecule has 5 nitrogen and oxygen atoms in total. The number of ether oxygens (including phenoxy) is 1. The number of hydrogen-bond acceptors (Lipinski definition) is 4. The van der Waals surface area contributed by atoms with Crippen LogP contribution in [0.3, 0.4) is 0 Å². The van der Waals surface area contributed by atoms with Crippen LogP contribution in [0.1, 0.15) is 19.8 Å². The Hall–Kier alpha value is -0.960. The van der Waals surface area contributed by atoms with E-state index in [0.29, 0.717) is 12.2 Å². The largest absolute Gasteiger partial charge is 0.480 e. The molecular formula is C11H16F3NO4S. The molecule has 2 atom stereocenters. The molecule has 2 unspecified atom stereocenters. The Morgan fingerprint density at radius 2 is 2.10 bits per heavy atom. The summed E-state index contributed by atoms with van der Waals surface area (Å²) in [6.07, 6.45) is -4.09. The third-order valence-corrected chi connectivity index (χ3v) is 4.19. The number of carbonyl (C=O) groups is 2. The third-order valence-electron chi connectivity index (χ3n) is 2.74. The van der Waals surface area contributed by atoms with E-state index in [-0.39, 0.29) is 18.4 Å². The van der Waals surface area contributed by atoms with Crippen molar-refractivity contribution in [2.45, 2.75) is 37.4 Å². The van der Waals surface area contributed by atoms with Crippen molar-refractivity contribution >= 4 is 23.6 Å². The quantitative estimate of drug-likeness (QED) is 0.756. The van der Waals surface area contributed by atoms with Crippen LogP contribution in [0, 0.1) is 0 Å². The highest BCUT2D eigenvalue weighted by Crippen LogP contribution is 2.31.